The smallest absolute Gasteiger partial charge is 0.189 e. The van der Waals surface area contributed by atoms with Crippen LogP contribution >= 0.6 is 0 Å². The number of methoxy groups -OCH3 is 3. The van der Waals surface area contributed by atoms with Crippen LogP contribution in [0.4, 0.5) is 5.69 Å². The molecule has 1 saturated heterocycles. The van der Waals surface area contributed by atoms with Gasteiger partial charge in [0.25, 0.3) is 0 Å². The maximum absolute atomic E-state index is 11.3. The van der Waals surface area contributed by atoms with Gasteiger partial charge in [0.15, 0.2) is 5.79 Å². The van der Waals surface area contributed by atoms with Gasteiger partial charge in [-0.05, 0) is 36.8 Å². The zero-order valence-corrected chi connectivity index (χ0v) is 17.9. The Morgan fingerprint density at radius 3 is 2.00 bits per heavy atom. The lowest BCUT2D eigenvalue weighted by Crippen LogP contribution is -2.50. The van der Waals surface area contributed by atoms with Gasteiger partial charge in [0.2, 0.25) is 0 Å². The Bertz CT molecular complexity index is 755. The van der Waals surface area contributed by atoms with Crippen LogP contribution in [0.5, 0.6) is 5.75 Å². The number of aliphatic hydroxyl groups is 1. The molecule has 0 amide bonds. The second kappa shape index (κ2) is 10.2. The molecule has 2 aromatic rings. The highest BCUT2D eigenvalue weighted by Gasteiger charge is 2.52. The van der Waals surface area contributed by atoms with E-state index in [1.54, 1.807) is 21.3 Å². The van der Waals surface area contributed by atoms with Gasteiger partial charge in [-0.1, -0.05) is 30.3 Å². The summed E-state index contributed by atoms with van der Waals surface area (Å²) >= 11 is 0. The molecule has 0 saturated carbocycles. The van der Waals surface area contributed by atoms with Crippen molar-refractivity contribution in [2.75, 3.05) is 39.9 Å². The Balaban J connectivity index is 1.91. The predicted octanol–water partition coefficient (Wildman–Crippen LogP) is 3.00. The van der Waals surface area contributed by atoms with Crippen molar-refractivity contribution in [3.8, 4) is 5.75 Å². The summed E-state index contributed by atoms with van der Waals surface area (Å²) in [5.74, 6) is -0.373. The van der Waals surface area contributed by atoms with E-state index in [1.807, 2.05) is 61.5 Å². The van der Waals surface area contributed by atoms with Gasteiger partial charge >= 0.3 is 0 Å². The van der Waals surface area contributed by atoms with Gasteiger partial charge in [-0.2, -0.15) is 0 Å². The first-order valence-electron chi connectivity index (χ1n) is 9.98. The second-order valence-electron chi connectivity index (χ2n) is 7.45. The first kappa shape index (κ1) is 22.5. The summed E-state index contributed by atoms with van der Waals surface area (Å²) in [6, 6.07) is 16.3. The van der Waals surface area contributed by atoms with Gasteiger partial charge in [0, 0.05) is 19.9 Å². The average Bonchev–Trinajstić information content (AvgIpc) is 3.09. The highest BCUT2D eigenvalue weighted by Crippen LogP contribution is 2.38. The summed E-state index contributed by atoms with van der Waals surface area (Å²) < 4.78 is 28.5. The molecular formula is C23H31NO6. The molecule has 1 aliphatic rings. The molecule has 164 valence electrons. The third-order valence-corrected chi connectivity index (χ3v) is 5.28. The number of ether oxygens (including phenoxy) is 5. The maximum Gasteiger partial charge on any atom is 0.189 e. The lowest BCUT2D eigenvalue weighted by atomic mass is 9.95. The van der Waals surface area contributed by atoms with E-state index < -0.39 is 17.9 Å². The van der Waals surface area contributed by atoms with Crippen LogP contribution in [0.25, 0.3) is 0 Å². The number of hydrogen-bond acceptors (Lipinski definition) is 7. The molecule has 0 aliphatic carbocycles. The fourth-order valence-electron chi connectivity index (χ4n) is 3.74. The fourth-order valence-corrected chi connectivity index (χ4v) is 3.74. The third kappa shape index (κ3) is 5.11. The van der Waals surface area contributed by atoms with Crippen molar-refractivity contribution in [2.24, 2.45) is 0 Å². The second-order valence-corrected chi connectivity index (χ2v) is 7.45. The van der Waals surface area contributed by atoms with Crippen molar-refractivity contribution < 1.29 is 28.8 Å². The van der Waals surface area contributed by atoms with E-state index in [0.29, 0.717) is 13.2 Å². The van der Waals surface area contributed by atoms with Gasteiger partial charge in [-0.25, -0.2) is 0 Å². The van der Waals surface area contributed by atoms with Gasteiger partial charge < -0.3 is 34.1 Å². The van der Waals surface area contributed by atoms with Crippen LogP contribution in [-0.2, 0) is 18.9 Å². The minimum atomic E-state index is -1.12. The number of rotatable bonds is 10. The normalized spacial score (nSPS) is 22.4. The molecule has 0 spiro atoms. The van der Waals surface area contributed by atoms with Crippen molar-refractivity contribution >= 4 is 5.69 Å². The molecule has 7 nitrogen and oxygen atoms in total. The van der Waals surface area contributed by atoms with Crippen LogP contribution in [0.1, 0.15) is 18.6 Å². The molecule has 2 N–H and O–H groups in total. The number of benzene rings is 2. The summed E-state index contributed by atoms with van der Waals surface area (Å²) in [7, 11) is 4.86. The lowest BCUT2D eigenvalue weighted by Gasteiger charge is -2.37. The Morgan fingerprint density at radius 2 is 1.50 bits per heavy atom. The first-order chi connectivity index (χ1) is 14.5. The number of nitrogens with one attached hydrogen (secondary N) is 1. The first-order valence-corrected chi connectivity index (χ1v) is 9.98. The maximum atomic E-state index is 11.3. The van der Waals surface area contributed by atoms with E-state index in [0.717, 1.165) is 17.0 Å². The van der Waals surface area contributed by atoms with Crippen molar-refractivity contribution in [3.05, 3.63) is 60.2 Å². The molecule has 1 fully saturated rings. The molecule has 0 radical (unpaired) electrons. The van der Waals surface area contributed by atoms with Crippen LogP contribution < -0.4 is 10.1 Å². The van der Waals surface area contributed by atoms with Crippen LogP contribution in [0.3, 0.4) is 0 Å². The van der Waals surface area contributed by atoms with Crippen molar-refractivity contribution in [2.45, 2.75) is 37.1 Å². The third-order valence-electron chi connectivity index (χ3n) is 5.28. The molecule has 3 rings (SSSR count). The summed E-state index contributed by atoms with van der Waals surface area (Å²) in [6.07, 6.45) is -1.52. The average molecular weight is 418 g/mol. The molecule has 0 bridgehead atoms. The van der Waals surface area contributed by atoms with E-state index in [4.69, 9.17) is 23.7 Å². The van der Waals surface area contributed by atoms with Gasteiger partial charge in [0.05, 0.1) is 20.3 Å². The molecule has 4 atom stereocenters. The predicted molar refractivity (Wildman–Crippen MR) is 114 cm³/mol. The molecule has 0 aromatic heterocycles. The molecule has 2 aromatic carbocycles. The standard InChI is InChI=1S/C23H31NO6/c1-23(29-19(14-26-2)20(30-23)15-27-3)22(21(25)16-8-6-5-7-9-16)24-17-10-12-18(28-4)13-11-17/h5-13,19-22,24-25H,14-15H2,1-4H3/t19-,20-,21?,22?/m0/s1. The molecule has 2 unspecified atom stereocenters. The monoisotopic (exact) mass is 417 g/mol. The summed E-state index contributed by atoms with van der Waals surface area (Å²) in [5, 5.41) is 14.7. The molecule has 30 heavy (non-hydrogen) atoms. The SMILES string of the molecule is COC[C@@H]1OC(C)(C(Nc2ccc(OC)cc2)C(O)c2ccccc2)O[C@H]1COC. The summed E-state index contributed by atoms with van der Waals surface area (Å²) in [6.45, 7) is 2.55. The molecule has 7 heteroatoms. The highest BCUT2D eigenvalue weighted by molar-refractivity contribution is 5.48. The van der Waals surface area contributed by atoms with Crippen LogP contribution in [0, 0.1) is 0 Å². The highest BCUT2D eigenvalue weighted by atomic mass is 16.8. The zero-order chi connectivity index (χ0) is 21.6. The number of anilines is 1. The van der Waals surface area contributed by atoms with Crippen molar-refractivity contribution in [1.82, 2.24) is 0 Å². The van der Waals surface area contributed by atoms with E-state index in [2.05, 4.69) is 5.32 Å². The van der Waals surface area contributed by atoms with Gasteiger partial charge in [-0.3, -0.25) is 0 Å². The Hall–Kier alpha value is -2.16. The Kier molecular flexibility index (Phi) is 7.69. The van der Waals surface area contributed by atoms with Crippen molar-refractivity contribution in [3.63, 3.8) is 0 Å². The quantitative estimate of drug-likeness (QED) is 0.615. The van der Waals surface area contributed by atoms with Crippen molar-refractivity contribution in [1.29, 1.82) is 0 Å². The van der Waals surface area contributed by atoms with E-state index in [9.17, 15) is 5.11 Å². The van der Waals surface area contributed by atoms with E-state index in [1.165, 1.54) is 0 Å². The van der Waals surface area contributed by atoms with Gasteiger partial charge in [0.1, 0.15) is 30.1 Å². The Morgan fingerprint density at radius 1 is 0.933 bits per heavy atom. The van der Waals surface area contributed by atoms with Crippen LogP contribution in [0.15, 0.2) is 54.6 Å². The largest absolute Gasteiger partial charge is 0.497 e. The fraction of sp³-hybridized carbons (Fsp3) is 0.478. The van der Waals surface area contributed by atoms with E-state index >= 15 is 0 Å². The summed E-state index contributed by atoms with van der Waals surface area (Å²) in [5.41, 5.74) is 1.57. The van der Waals surface area contributed by atoms with E-state index in [-0.39, 0.29) is 12.2 Å². The zero-order valence-electron chi connectivity index (χ0n) is 17.9. The summed E-state index contributed by atoms with van der Waals surface area (Å²) in [4.78, 5) is 0. The molecule has 1 aliphatic heterocycles. The molecule has 1 heterocycles. The minimum absolute atomic E-state index is 0.317. The molecular weight excluding hydrogens is 386 g/mol. The topological polar surface area (TPSA) is 78.4 Å². The van der Waals surface area contributed by atoms with Crippen LogP contribution in [-0.4, -0.2) is 63.7 Å². The van der Waals surface area contributed by atoms with Crippen LogP contribution in [0.2, 0.25) is 0 Å². The number of hydrogen-bond donors (Lipinski definition) is 2. The number of aliphatic hydroxyl groups excluding tert-OH is 1. The van der Waals surface area contributed by atoms with Gasteiger partial charge in [-0.15, -0.1) is 0 Å². The lowest BCUT2D eigenvalue weighted by molar-refractivity contribution is -0.193. The minimum Gasteiger partial charge on any atom is -0.497 e. The Labute approximate surface area is 177 Å².